The quantitative estimate of drug-likeness (QED) is 0.321. The maximum Gasteiger partial charge on any atom is 0.407 e. The van der Waals surface area contributed by atoms with Crippen LogP contribution in [-0.2, 0) is 30.4 Å². The van der Waals surface area contributed by atoms with E-state index in [4.69, 9.17) is 14.2 Å². The van der Waals surface area contributed by atoms with Crippen LogP contribution in [0.5, 0.6) is 0 Å². The minimum Gasteiger partial charge on any atom is -0.461 e. The zero-order valence-electron chi connectivity index (χ0n) is 17.8. The van der Waals surface area contributed by atoms with Gasteiger partial charge in [-0.05, 0) is 32.8 Å². The van der Waals surface area contributed by atoms with E-state index >= 15 is 0 Å². The van der Waals surface area contributed by atoms with Gasteiger partial charge >= 0.3 is 18.0 Å². The molecular formula is C22H31NO7. The molecule has 1 rings (SSSR count). The highest BCUT2D eigenvalue weighted by molar-refractivity contribution is 5.72. The summed E-state index contributed by atoms with van der Waals surface area (Å²) >= 11 is 0. The van der Waals surface area contributed by atoms with Gasteiger partial charge in [0.25, 0.3) is 0 Å². The molecule has 0 aliphatic rings. The molecule has 2 N–H and O–H groups in total. The molecule has 0 spiro atoms. The topological polar surface area (TPSA) is 111 Å². The minimum absolute atomic E-state index is 0.0154. The summed E-state index contributed by atoms with van der Waals surface area (Å²) in [6.07, 6.45) is -0.980. The highest BCUT2D eigenvalue weighted by atomic mass is 16.6. The predicted octanol–water partition coefficient (Wildman–Crippen LogP) is 2.88. The third kappa shape index (κ3) is 11.2. The monoisotopic (exact) mass is 421 g/mol. The van der Waals surface area contributed by atoms with Gasteiger partial charge in [-0.1, -0.05) is 43.0 Å². The van der Waals surface area contributed by atoms with Crippen LogP contribution in [0.2, 0.25) is 0 Å². The molecule has 8 nitrogen and oxygen atoms in total. The largest absolute Gasteiger partial charge is 0.461 e. The van der Waals surface area contributed by atoms with Crippen molar-refractivity contribution in [2.45, 2.75) is 64.4 Å². The molecule has 8 heteroatoms. The second-order valence-electron chi connectivity index (χ2n) is 7.68. The van der Waals surface area contributed by atoms with Gasteiger partial charge in [-0.3, -0.25) is 9.59 Å². The number of carbonyl (C=O) groups is 3. The molecule has 166 valence electrons. The van der Waals surface area contributed by atoms with E-state index in [0.717, 1.165) is 5.56 Å². The van der Waals surface area contributed by atoms with E-state index in [-0.39, 0.29) is 32.5 Å². The number of hydrogen-bond acceptors (Lipinski definition) is 7. The van der Waals surface area contributed by atoms with E-state index in [1.54, 1.807) is 20.8 Å². The molecular weight excluding hydrogens is 390 g/mol. The summed E-state index contributed by atoms with van der Waals surface area (Å²) in [5.74, 6) is -1.14. The highest BCUT2D eigenvalue weighted by Gasteiger charge is 2.27. The van der Waals surface area contributed by atoms with Crippen LogP contribution < -0.4 is 5.32 Å². The number of aliphatic hydroxyl groups is 1. The van der Waals surface area contributed by atoms with Crippen molar-refractivity contribution in [3.63, 3.8) is 0 Å². The number of benzene rings is 1. The van der Waals surface area contributed by atoms with Crippen molar-refractivity contribution in [3.05, 3.63) is 48.6 Å². The number of ether oxygens (including phenoxy) is 3. The van der Waals surface area contributed by atoms with E-state index in [2.05, 4.69) is 11.9 Å². The first-order valence-electron chi connectivity index (χ1n) is 9.74. The van der Waals surface area contributed by atoms with Crippen LogP contribution in [0.15, 0.2) is 43.0 Å². The van der Waals surface area contributed by atoms with Crippen molar-refractivity contribution < 1.29 is 33.7 Å². The van der Waals surface area contributed by atoms with E-state index in [0.29, 0.717) is 0 Å². The molecule has 2 atom stereocenters. The van der Waals surface area contributed by atoms with Crippen LogP contribution in [0.1, 0.15) is 45.6 Å². The fourth-order valence-electron chi connectivity index (χ4n) is 2.43. The Morgan fingerprint density at radius 2 is 1.80 bits per heavy atom. The van der Waals surface area contributed by atoms with Gasteiger partial charge in [0.1, 0.15) is 18.8 Å². The molecule has 0 fully saturated rings. The first-order chi connectivity index (χ1) is 14.1. The van der Waals surface area contributed by atoms with Crippen molar-refractivity contribution >= 4 is 18.0 Å². The van der Waals surface area contributed by atoms with Gasteiger partial charge in [0, 0.05) is 6.42 Å². The number of aliphatic hydroxyl groups excluding tert-OH is 1. The number of hydrogen-bond donors (Lipinski definition) is 2. The van der Waals surface area contributed by atoms with E-state index < -0.39 is 35.8 Å². The zero-order valence-corrected chi connectivity index (χ0v) is 17.8. The summed E-state index contributed by atoms with van der Waals surface area (Å²) in [4.78, 5) is 35.9. The van der Waals surface area contributed by atoms with Crippen molar-refractivity contribution in [2.24, 2.45) is 0 Å². The lowest BCUT2D eigenvalue weighted by atomic mass is 10.0. The molecule has 0 bridgehead atoms. The molecule has 0 radical (unpaired) electrons. The fourth-order valence-corrected chi connectivity index (χ4v) is 2.43. The second kappa shape index (κ2) is 12.6. The summed E-state index contributed by atoms with van der Waals surface area (Å²) in [5, 5.41) is 12.9. The van der Waals surface area contributed by atoms with E-state index in [9.17, 15) is 19.5 Å². The van der Waals surface area contributed by atoms with Gasteiger partial charge in [-0.2, -0.15) is 0 Å². The van der Waals surface area contributed by atoms with Gasteiger partial charge < -0.3 is 24.6 Å². The van der Waals surface area contributed by atoms with Crippen LogP contribution in [0.4, 0.5) is 4.79 Å². The number of alkyl carbamates (subject to hydrolysis) is 1. The lowest BCUT2D eigenvalue weighted by molar-refractivity contribution is -0.145. The van der Waals surface area contributed by atoms with Crippen LogP contribution in [0.3, 0.4) is 0 Å². The standard InChI is InChI=1S/C22H31NO7/c1-5-13-28-20(26)14-18(24)17(23-21(27)30-22(2,3)4)11-12-19(25)29-15-16-9-7-6-8-10-16/h5-10,17-18,24H,1,11-15H2,2-4H3,(H,23,27)/t17-,18-/m0/s1. The van der Waals surface area contributed by atoms with Gasteiger partial charge in [-0.15, -0.1) is 0 Å². The van der Waals surface area contributed by atoms with Crippen LogP contribution in [0, 0.1) is 0 Å². The Morgan fingerprint density at radius 3 is 2.40 bits per heavy atom. The molecule has 1 aromatic carbocycles. The molecule has 1 amide bonds. The Balaban J connectivity index is 2.64. The number of carbonyl (C=O) groups excluding carboxylic acids is 3. The van der Waals surface area contributed by atoms with E-state index in [1.165, 1.54) is 6.08 Å². The normalized spacial score (nSPS) is 12.9. The fraction of sp³-hybridized carbons (Fsp3) is 0.500. The summed E-state index contributed by atoms with van der Waals surface area (Å²) in [7, 11) is 0. The first-order valence-corrected chi connectivity index (χ1v) is 9.74. The van der Waals surface area contributed by atoms with Crippen molar-refractivity contribution in [1.82, 2.24) is 5.32 Å². The van der Waals surface area contributed by atoms with Crippen LogP contribution in [-0.4, -0.2) is 47.5 Å². The SMILES string of the molecule is C=CCOC(=O)C[C@H](O)[C@H](CCC(=O)OCc1ccccc1)NC(=O)OC(C)(C)C. The summed E-state index contributed by atoms with van der Waals surface area (Å²) in [6, 6.07) is 8.30. The van der Waals surface area contributed by atoms with Gasteiger partial charge in [0.05, 0.1) is 18.6 Å². The molecule has 0 saturated heterocycles. The molecule has 0 saturated carbocycles. The van der Waals surface area contributed by atoms with Gasteiger partial charge in [-0.25, -0.2) is 4.79 Å². The Kier molecular flexibility index (Phi) is 10.6. The second-order valence-corrected chi connectivity index (χ2v) is 7.68. The molecule has 1 aromatic rings. The van der Waals surface area contributed by atoms with Crippen LogP contribution >= 0.6 is 0 Å². The predicted molar refractivity (Wildman–Crippen MR) is 110 cm³/mol. The zero-order chi connectivity index (χ0) is 22.6. The first kappa shape index (κ1) is 25.2. The Hall–Kier alpha value is -2.87. The number of rotatable bonds is 11. The molecule has 0 aliphatic carbocycles. The number of amides is 1. The maximum atomic E-state index is 12.1. The third-order valence-corrected chi connectivity index (χ3v) is 3.81. The average Bonchev–Trinajstić information content (AvgIpc) is 2.67. The average molecular weight is 421 g/mol. The van der Waals surface area contributed by atoms with Crippen LogP contribution in [0.25, 0.3) is 0 Å². The Bertz CT molecular complexity index is 697. The third-order valence-electron chi connectivity index (χ3n) is 3.81. The summed E-state index contributed by atoms with van der Waals surface area (Å²) in [6.45, 7) is 8.68. The smallest absolute Gasteiger partial charge is 0.407 e. The molecule has 0 heterocycles. The molecule has 30 heavy (non-hydrogen) atoms. The van der Waals surface area contributed by atoms with Crippen molar-refractivity contribution in [1.29, 1.82) is 0 Å². The molecule has 0 aliphatic heterocycles. The summed E-state index contributed by atoms with van der Waals surface area (Å²) in [5.41, 5.74) is 0.108. The van der Waals surface area contributed by atoms with Gasteiger partial charge in [0.15, 0.2) is 0 Å². The maximum absolute atomic E-state index is 12.1. The highest BCUT2D eigenvalue weighted by Crippen LogP contribution is 2.12. The molecule has 0 unspecified atom stereocenters. The number of esters is 2. The number of nitrogens with one attached hydrogen (secondary N) is 1. The van der Waals surface area contributed by atoms with Gasteiger partial charge in [0.2, 0.25) is 0 Å². The Morgan fingerprint density at radius 1 is 1.13 bits per heavy atom. The lowest BCUT2D eigenvalue weighted by Crippen LogP contribution is -2.46. The van der Waals surface area contributed by atoms with Crippen molar-refractivity contribution in [3.8, 4) is 0 Å². The Labute approximate surface area is 177 Å². The minimum atomic E-state index is -1.27. The van der Waals surface area contributed by atoms with Crippen molar-refractivity contribution in [2.75, 3.05) is 6.61 Å². The summed E-state index contributed by atoms with van der Waals surface area (Å²) < 4.78 is 15.3. The lowest BCUT2D eigenvalue weighted by Gasteiger charge is -2.26. The van der Waals surface area contributed by atoms with E-state index in [1.807, 2.05) is 30.3 Å². The molecule has 0 aromatic heterocycles.